The van der Waals surface area contributed by atoms with E-state index in [0.717, 1.165) is 24.2 Å². The monoisotopic (exact) mass is 272 g/mol. The molecule has 2 aromatic rings. The van der Waals surface area contributed by atoms with Crippen LogP contribution in [0.15, 0.2) is 30.6 Å². The average molecular weight is 272 g/mol. The zero-order valence-corrected chi connectivity index (χ0v) is 11.6. The highest BCUT2D eigenvalue weighted by Crippen LogP contribution is 2.23. The predicted molar refractivity (Wildman–Crippen MR) is 74.9 cm³/mol. The Labute approximate surface area is 117 Å². The van der Waals surface area contributed by atoms with Crippen molar-refractivity contribution in [1.82, 2.24) is 14.9 Å². The summed E-state index contributed by atoms with van der Waals surface area (Å²) in [5, 5.41) is 12.4. The van der Waals surface area contributed by atoms with Gasteiger partial charge in [0.2, 0.25) is 5.82 Å². The van der Waals surface area contributed by atoms with Crippen molar-refractivity contribution in [2.45, 2.75) is 26.3 Å². The van der Waals surface area contributed by atoms with Gasteiger partial charge < -0.3 is 5.32 Å². The largest absolute Gasteiger partial charge is 0.310 e. The van der Waals surface area contributed by atoms with Crippen molar-refractivity contribution in [1.29, 1.82) is 5.26 Å². The number of imidazole rings is 1. The Kier molecular flexibility index (Phi) is 4.49. The van der Waals surface area contributed by atoms with Crippen LogP contribution in [-0.4, -0.2) is 16.1 Å². The first kappa shape index (κ1) is 14.2. The number of rotatable bonds is 5. The molecule has 0 aliphatic carbocycles. The maximum absolute atomic E-state index is 13.5. The lowest BCUT2D eigenvalue weighted by Gasteiger charge is -2.18. The van der Waals surface area contributed by atoms with E-state index in [1.165, 1.54) is 12.1 Å². The third-order valence-corrected chi connectivity index (χ3v) is 3.16. The van der Waals surface area contributed by atoms with Crippen LogP contribution in [0.1, 0.15) is 37.7 Å². The van der Waals surface area contributed by atoms with Crippen LogP contribution in [-0.2, 0) is 0 Å². The van der Waals surface area contributed by atoms with Crippen molar-refractivity contribution in [2.24, 2.45) is 0 Å². The smallest absolute Gasteiger partial charge is 0.217 e. The molecule has 5 heteroatoms. The molecule has 0 aliphatic rings. The van der Waals surface area contributed by atoms with Crippen LogP contribution in [0.5, 0.6) is 0 Å². The Morgan fingerprint density at radius 3 is 3.00 bits per heavy atom. The Hall–Kier alpha value is -2.19. The fourth-order valence-electron chi connectivity index (χ4n) is 2.14. The van der Waals surface area contributed by atoms with Crippen LogP contribution >= 0.6 is 0 Å². The molecule has 1 heterocycles. The molecule has 1 N–H and O–H groups in total. The fourth-order valence-corrected chi connectivity index (χ4v) is 2.14. The molecule has 0 saturated carbocycles. The summed E-state index contributed by atoms with van der Waals surface area (Å²) < 4.78 is 15.2. The summed E-state index contributed by atoms with van der Waals surface area (Å²) in [7, 11) is 0. The van der Waals surface area contributed by atoms with Gasteiger partial charge in [0.05, 0.1) is 5.69 Å². The quantitative estimate of drug-likeness (QED) is 0.910. The van der Waals surface area contributed by atoms with Crippen LogP contribution in [0.4, 0.5) is 4.39 Å². The molecule has 1 unspecified atom stereocenters. The highest BCUT2D eigenvalue weighted by atomic mass is 19.1. The molecular formula is C15H17FN4. The van der Waals surface area contributed by atoms with E-state index in [9.17, 15) is 4.39 Å². The zero-order chi connectivity index (χ0) is 14.5. The topological polar surface area (TPSA) is 53.6 Å². The summed E-state index contributed by atoms with van der Waals surface area (Å²) in [5.41, 5.74) is 1.59. The number of nitrogens with zero attached hydrogens (tertiary/aromatic N) is 3. The molecule has 1 aromatic carbocycles. The number of halogens is 1. The minimum atomic E-state index is -0.285. The number of benzene rings is 1. The van der Waals surface area contributed by atoms with Crippen molar-refractivity contribution < 1.29 is 4.39 Å². The summed E-state index contributed by atoms with van der Waals surface area (Å²) in [6.07, 6.45) is 4.28. The van der Waals surface area contributed by atoms with Gasteiger partial charge in [-0.3, -0.25) is 4.57 Å². The highest BCUT2D eigenvalue weighted by molar-refractivity contribution is 5.45. The summed E-state index contributed by atoms with van der Waals surface area (Å²) >= 11 is 0. The van der Waals surface area contributed by atoms with Gasteiger partial charge in [0.15, 0.2) is 0 Å². The zero-order valence-electron chi connectivity index (χ0n) is 11.6. The van der Waals surface area contributed by atoms with E-state index in [-0.39, 0.29) is 11.9 Å². The summed E-state index contributed by atoms with van der Waals surface area (Å²) in [6.45, 7) is 4.92. The third kappa shape index (κ3) is 2.86. The van der Waals surface area contributed by atoms with Crippen LogP contribution in [0.25, 0.3) is 5.69 Å². The lowest BCUT2D eigenvalue weighted by molar-refractivity contribution is 0.560. The van der Waals surface area contributed by atoms with E-state index in [1.54, 1.807) is 23.0 Å². The summed E-state index contributed by atoms with van der Waals surface area (Å²) in [5.74, 6) is 0.00747. The second-order valence-corrected chi connectivity index (χ2v) is 4.61. The minimum Gasteiger partial charge on any atom is -0.310 e. The van der Waals surface area contributed by atoms with Gasteiger partial charge in [-0.05, 0) is 43.7 Å². The van der Waals surface area contributed by atoms with Crippen LogP contribution < -0.4 is 5.32 Å². The van der Waals surface area contributed by atoms with Crippen molar-refractivity contribution >= 4 is 0 Å². The predicted octanol–water partition coefficient (Wildman–Crippen LogP) is 2.94. The number of nitriles is 1. The summed E-state index contributed by atoms with van der Waals surface area (Å²) in [4.78, 5) is 3.98. The van der Waals surface area contributed by atoms with Gasteiger partial charge in [-0.2, -0.15) is 5.26 Å². The molecule has 1 atom stereocenters. The van der Waals surface area contributed by atoms with Gasteiger partial charge >= 0.3 is 0 Å². The standard InChI is InChI=1S/C15H17FN4/c1-3-6-18-11(2)13-9-12(16)4-5-14(13)20-8-7-19-15(20)10-17/h4-5,7-9,11,18H,3,6H2,1-2H3. The first-order valence-corrected chi connectivity index (χ1v) is 6.64. The Bertz CT molecular complexity index is 627. The lowest BCUT2D eigenvalue weighted by atomic mass is 10.1. The lowest BCUT2D eigenvalue weighted by Crippen LogP contribution is -2.21. The molecular weight excluding hydrogens is 255 g/mol. The maximum Gasteiger partial charge on any atom is 0.217 e. The maximum atomic E-state index is 13.5. The van der Waals surface area contributed by atoms with Gasteiger partial charge in [0, 0.05) is 18.4 Å². The second-order valence-electron chi connectivity index (χ2n) is 4.61. The van der Waals surface area contributed by atoms with E-state index in [4.69, 9.17) is 5.26 Å². The third-order valence-electron chi connectivity index (χ3n) is 3.16. The molecule has 1 aromatic heterocycles. The van der Waals surface area contributed by atoms with Gasteiger partial charge in [-0.1, -0.05) is 6.92 Å². The van der Waals surface area contributed by atoms with Crippen LogP contribution in [0.2, 0.25) is 0 Å². The molecule has 0 amide bonds. The molecule has 0 fully saturated rings. The molecule has 0 aliphatic heterocycles. The van der Waals surface area contributed by atoms with Gasteiger partial charge in [0.1, 0.15) is 11.9 Å². The molecule has 2 rings (SSSR count). The number of hydrogen-bond acceptors (Lipinski definition) is 3. The van der Waals surface area contributed by atoms with E-state index >= 15 is 0 Å². The normalized spacial score (nSPS) is 12.1. The molecule has 20 heavy (non-hydrogen) atoms. The van der Waals surface area contributed by atoms with E-state index < -0.39 is 0 Å². The second kappa shape index (κ2) is 6.31. The number of hydrogen-bond donors (Lipinski definition) is 1. The fraction of sp³-hybridized carbons (Fsp3) is 0.333. The number of aromatic nitrogens is 2. The van der Waals surface area contributed by atoms with Crippen molar-refractivity contribution in [3.05, 3.63) is 47.8 Å². The Morgan fingerprint density at radius 2 is 2.30 bits per heavy atom. The first-order valence-electron chi connectivity index (χ1n) is 6.64. The van der Waals surface area contributed by atoms with Crippen LogP contribution in [0.3, 0.4) is 0 Å². The van der Waals surface area contributed by atoms with Crippen molar-refractivity contribution in [3.63, 3.8) is 0 Å². The van der Waals surface area contributed by atoms with Gasteiger partial charge in [-0.15, -0.1) is 0 Å². The SMILES string of the molecule is CCCNC(C)c1cc(F)ccc1-n1ccnc1C#N. The molecule has 0 spiro atoms. The van der Waals surface area contributed by atoms with Gasteiger partial charge in [0.25, 0.3) is 0 Å². The van der Waals surface area contributed by atoms with E-state index in [2.05, 4.69) is 17.2 Å². The van der Waals surface area contributed by atoms with Gasteiger partial charge in [-0.25, -0.2) is 9.37 Å². The average Bonchev–Trinajstić information content (AvgIpc) is 2.92. The Balaban J connectivity index is 2.46. The van der Waals surface area contributed by atoms with Crippen LogP contribution in [0, 0.1) is 17.1 Å². The Morgan fingerprint density at radius 1 is 1.50 bits per heavy atom. The van der Waals surface area contributed by atoms with E-state index in [1.807, 2.05) is 13.0 Å². The number of nitrogens with one attached hydrogen (secondary N) is 1. The minimum absolute atomic E-state index is 0.00501. The molecule has 0 saturated heterocycles. The first-order chi connectivity index (χ1) is 9.67. The van der Waals surface area contributed by atoms with Crippen molar-refractivity contribution in [2.75, 3.05) is 6.54 Å². The van der Waals surface area contributed by atoms with E-state index in [0.29, 0.717) is 5.82 Å². The molecule has 4 nitrogen and oxygen atoms in total. The summed E-state index contributed by atoms with van der Waals surface area (Å²) in [6, 6.07) is 6.61. The molecule has 0 radical (unpaired) electrons. The molecule has 104 valence electrons. The van der Waals surface area contributed by atoms with Crippen molar-refractivity contribution in [3.8, 4) is 11.8 Å². The highest BCUT2D eigenvalue weighted by Gasteiger charge is 2.14. The molecule has 0 bridgehead atoms.